The van der Waals surface area contributed by atoms with Crippen LogP contribution in [0.15, 0.2) is 84.2 Å². The molecule has 9 nitrogen and oxygen atoms in total. The zero-order valence-corrected chi connectivity index (χ0v) is 26.1. The van der Waals surface area contributed by atoms with Crippen molar-refractivity contribution in [2.24, 2.45) is 0 Å². The van der Waals surface area contributed by atoms with Crippen LogP contribution in [0.25, 0.3) is 17.1 Å². The predicted molar refractivity (Wildman–Crippen MR) is 168 cm³/mol. The summed E-state index contributed by atoms with van der Waals surface area (Å²) in [5.74, 6) is 1.14. The summed E-state index contributed by atoms with van der Waals surface area (Å²) >= 11 is 1.53. The third-order valence-corrected chi connectivity index (χ3v) is 8.26. The molecule has 0 radical (unpaired) electrons. The summed E-state index contributed by atoms with van der Waals surface area (Å²) in [5, 5.41) is 12.6. The molecule has 2 atom stereocenters. The first-order valence-corrected chi connectivity index (χ1v) is 15.1. The van der Waals surface area contributed by atoms with Gasteiger partial charge in [-0.15, -0.1) is 18.3 Å². The Balaban J connectivity index is 1.22. The lowest BCUT2D eigenvalue weighted by atomic mass is 10.00. The quantitative estimate of drug-likeness (QED) is 0.194. The summed E-state index contributed by atoms with van der Waals surface area (Å²) in [6.07, 6.45) is -3.28. The van der Waals surface area contributed by atoms with Crippen LogP contribution >= 0.6 is 11.8 Å². The number of methoxy groups -OCH3 is 1. The molecule has 0 fully saturated rings. The Morgan fingerprint density at radius 2 is 1.69 bits per heavy atom. The molecule has 2 heterocycles. The second kappa shape index (κ2) is 13.1. The van der Waals surface area contributed by atoms with Gasteiger partial charge in [-0.25, -0.2) is 14.5 Å². The molecule has 0 saturated carbocycles. The number of aromatic nitrogens is 3. The molecular weight excluding hydrogens is 605 g/mol. The van der Waals surface area contributed by atoms with Crippen molar-refractivity contribution >= 4 is 23.5 Å². The van der Waals surface area contributed by atoms with Gasteiger partial charge in [0.2, 0.25) is 0 Å². The number of carbonyl (C=O) groups is 1. The van der Waals surface area contributed by atoms with Gasteiger partial charge in [0.15, 0.2) is 11.3 Å². The molecule has 0 saturated heterocycles. The van der Waals surface area contributed by atoms with E-state index in [1.807, 2.05) is 55.7 Å². The van der Waals surface area contributed by atoms with Gasteiger partial charge in [-0.3, -0.25) is 0 Å². The molecule has 1 aliphatic heterocycles. The fraction of sp³-hybridized carbons (Fsp3) is 0.281. The summed E-state index contributed by atoms with van der Waals surface area (Å²) in [7, 11) is 1.64. The van der Waals surface area contributed by atoms with E-state index in [9.17, 15) is 18.0 Å². The molecule has 3 aromatic carbocycles. The highest BCUT2D eigenvalue weighted by molar-refractivity contribution is 8.03. The van der Waals surface area contributed by atoms with Crippen LogP contribution in [0.1, 0.15) is 50.8 Å². The largest absolute Gasteiger partial charge is 0.573 e. The number of carbonyl (C=O) groups excluding carboxylic acids is 1. The van der Waals surface area contributed by atoms with Crippen molar-refractivity contribution < 1.29 is 27.4 Å². The van der Waals surface area contributed by atoms with E-state index in [0.29, 0.717) is 11.5 Å². The number of benzene rings is 3. The summed E-state index contributed by atoms with van der Waals surface area (Å²) in [5.41, 5.74) is 4.98. The Kier molecular flexibility index (Phi) is 9.28. The Hall–Kier alpha value is -4.65. The molecule has 1 aliphatic rings. The SMILES string of the molecule is COc1ccc(C(C)C)c(N2C(C)=CSC2NC(=O)NC(C)c2ccc(-c3ncn(-c4ccc(OC(F)(F)F)cc4)n3)cc2)c1. The second-order valence-corrected chi connectivity index (χ2v) is 11.7. The van der Waals surface area contributed by atoms with Crippen LogP contribution in [-0.2, 0) is 0 Å². The van der Waals surface area contributed by atoms with E-state index in [1.165, 1.54) is 47.0 Å². The van der Waals surface area contributed by atoms with Crippen LogP contribution in [0.2, 0.25) is 0 Å². The number of nitrogens with one attached hydrogen (secondary N) is 2. The number of ether oxygens (including phenoxy) is 2. The molecule has 2 N–H and O–H groups in total. The number of rotatable bonds is 9. The van der Waals surface area contributed by atoms with Gasteiger partial charge in [0.05, 0.1) is 24.5 Å². The van der Waals surface area contributed by atoms with Crippen LogP contribution in [-0.4, -0.2) is 39.8 Å². The van der Waals surface area contributed by atoms with Gasteiger partial charge < -0.3 is 25.0 Å². The van der Waals surface area contributed by atoms with Crippen molar-refractivity contribution in [1.82, 2.24) is 25.4 Å². The van der Waals surface area contributed by atoms with Gasteiger partial charge in [-0.05, 0) is 66.6 Å². The van der Waals surface area contributed by atoms with E-state index in [0.717, 1.165) is 33.8 Å². The van der Waals surface area contributed by atoms with Crippen LogP contribution in [0.4, 0.5) is 23.7 Å². The number of anilines is 1. The first kappa shape index (κ1) is 31.8. The molecule has 0 bridgehead atoms. The minimum Gasteiger partial charge on any atom is -0.497 e. The molecule has 0 spiro atoms. The molecule has 4 aromatic rings. The molecule has 2 amide bonds. The van der Waals surface area contributed by atoms with E-state index in [-0.39, 0.29) is 29.2 Å². The maximum atomic E-state index is 13.1. The summed E-state index contributed by atoms with van der Waals surface area (Å²) in [6, 6.07) is 18.2. The number of hydrogen-bond acceptors (Lipinski definition) is 7. The number of urea groups is 1. The third kappa shape index (κ3) is 7.54. The minimum absolute atomic E-state index is 0.277. The Morgan fingerprint density at radius 3 is 2.33 bits per heavy atom. The predicted octanol–water partition coefficient (Wildman–Crippen LogP) is 7.72. The van der Waals surface area contributed by atoms with Crippen molar-refractivity contribution in [3.63, 3.8) is 0 Å². The Bertz CT molecular complexity index is 1670. The summed E-state index contributed by atoms with van der Waals surface area (Å²) in [4.78, 5) is 19.6. The van der Waals surface area contributed by atoms with Crippen LogP contribution in [0.3, 0.4) is 0 Å². The normalized spacial score (nSPS) is 15.5. The second-order valence-electron chi connectivity index (χ2n) is 10.7. The Labute approximate surface area is 263 Å². The monoisotopic (exact) mass is 638 g/mol. The highest BCUT2D eigenvalue weighted by Crippen LogP contribution is 2.40. The summed E-state index contributed by atoms with van der Waals surface area (Å²) in [6.45, 7) is 8.18. The van der Waals surface area contributed by atoms with E-state index in [1.54, 1.807) is 7.11 Å². The molecule has 45 heavy (non-hydrogen) atoms. The molecule has 236 valence electrons. The lowest BCUT2D eigenvalue weighted by Gasteiger charge is -2.31. The van der Waals surface area contributed by atoms with E-state index < -0.39 is 6.36 Å². The standard InChI is InChI=1S/C32H33F3N6O3S/c1-19(2)27-15-14-26(43-5)16-28(27)41-20(3)17-45-31(41)38-30(42)37-21(4)22-6-8-23(9-7-22)29-36-18-40(39-29)24-10-12-25(13-11-24)44-32(33,34)35/h6-19,21,31H,1-5H3,(H2,37,38,42). The van der Waals surface area contributed by atoms with Gasteiger partial charge in [0.1, 0.15) is 17.8 Å². The molecule has 2 unspecified atom stereocenters. The average Bonchev–Trinajstić information content (AvgIpc) is 3.63. The number of amides is 2. The van der Waals surface area contributed by atoms with Crippen LogP contribution in [0.5, 0.6) is 11.5 Å². The van der Waals surface area contributed by atoms with Crippen molar-refractivity contribution in [1.29, 1.82) is 0 Å². The number of alkyl halides is 3. The maximum Gasteiger partial charge on any atom is 0.573 e. The number of halogens is 3. The molecule has 5 rings (SSSR count). The number of nitrogens with zero attached hydrogens (tertiary/aromatic N) is 4. The van der Waals surface area contributed by atoms with Crippen LogP contribution < -0.4 is 25.0 Å². The highest BCUT2D eigenvalue weighted by Gasteiger charge is 2.31. The smallest absolute Gasteiger partial charge is 0.497 e. The lowest BCUT2D eigenvalue weighted by Crippen LogP contribution is -2.48. The number of hydrogen-bond donors (Lipinski definition) is 2. The van der Waals surface area contributed by atoms with E-state index in [4.69, 9.17) is 4.74 Å². The topological polar surface area (TPSA) is 93.5 Å². The highest BCUT2D eigenvalue weighted by atomic mass is 32.2. The summed E-state index contributed by atoms with van der Waals surface area (Å²) < 4.78 is 48.2. The molecule has 13 heteroatoms. The Morgan fingerprint density at radius 1 is 1.00 bits per heavy atom. The number of allylic oxidation sites excluding steroid dienone is 1. The average molecular weight is 639 g/mol. The third-order valence-electron chi connectivity index (χ3n) is 7.20. The molecule has 1 aromatic heterocycles. The molecule has 0 aliphatic carbocycles. The number of thioether (sulfide) groups is 1. The van der Waals surface area contributed by atoms with E-state index >= 15 is 0 Å². The van der Waals surface area contributed by atoms with Crippen molar-refractivity contribution in [3.05, 3.63) is 95.3 Å². The lowest BCUT2D eigenvalue weighted by molar-refractivity contribution is -0.274. The van der Waals surface area contributed by atoms with Crippen molar-refractivity contribution in [2.45, 2.75) is 51.5 Å². The van der Waals surface area contributed by atoms with Gasteiger partial charge >= 0.3 is 12.4 Å². The fourth-order valence-electron chi connectivity index (χ4n) is 4.90. The van der Waals surface area contributed by atoms with Gasteiger partial charge in [-0.2, -0.15) is 0 Å². The van der Waals surface area contributed by atoms with E-state index in [2.05, 4.69) is 50.3 Å². The van der Waals surface area contributed by atoms with Crippen LogP contribution in [0, 0.1) is 0 Å². The van der Waals surface area contributed by atoms with Crippen molar-refractivity contribution in [2.75, 3.05) is 12.0 Å². The van der Waals surface area contributed by atoms with Gasteiger partial charge in [-0.1, -0.05) is 55.9 Å². The van der Waals surface area contributed by atoms with Gasteiger partial charge in [0, 0.05) is 17.3 Å². The first-order chi connectivity index (χ1) is 21.4. The fourth-order valence-corrected chi connectivity index (χ4v) is 5.92. The minimum atomic E-state index is -4.76. The zero-order chi connectivity index (χ0) is 32.3. The molecular formula is C32H33F3N6O3S. The zero-order valence-electron chi connectivity index (χ0n) is 25.3. The van der Waals surface area contributed by atoms with Crippen molar-refractivity contribution in [3.8, 4) is 28.6 Å². The maximum absolute atomic E-state index is 13.1. The first-order valence-electron chi connectivity index (χ1n) is 14.2. The van der Waals surface area contributed by atoms with Gasteiger partial charge in [0.25, 0.3) is 0 Å².